The molecule has 0 unspecified atom stereocenters. The lowest BCUT2D eigenvalue weighted by molar-refractivity contribution is -0.115. The number of benzene rings is 1. The molecular weight excluding hydrogens is 260 g/mol. The Morgan fingerprint density at radius 1 is 1.40 bits per heavy atom. The van der Waals surface area contributed by atoms with Crippen molar-refractivity contribution in [1.29, 1.82) is 0 Å². The van der Waals surface area contributed by atoms with Crippen LogP contribution >= 0.6 is 15.9 Å². The number of hydrogen-bond donors (Lipinski definition) is 1. The third kappa shape index (κ3) is 1.74. The second kappa shape index (κ2) is 3.66. The van der Waals surface area contributed by atoms with E-state index in [1.165, 1.54) is 4.90 Å². The summed E-state index contributed by atoms with van der Waals surface area (Å²) in [6.07, 6.45) is 0. The van der Waals surface area contributed by atoms with Crippen LogP contribution in [-0.2, 0) is 4.79 Å². The average molecular weight is 269 g/mol. The number of aryl methyl sites for hydroxylation is 1. The maximum absolute atomic E-state index is 11.5. The van der Waals surface area contributed by atoms with E-state index in [-0.39, 0.29) is 18.5 Å². The van der Waals surface area contributed by atoms with Gasteiger partial charge in [0.25, 0.3) is 5.91 Å². The lowest BCUT2D eigenvalue weighted by Crippen LogP contribution is -2.31. The molecule has 0 atom stereocenters. The quantitative estimate of drug-likeness (QED) is 0.790. The standard InChI is InChI=1S/C10H9BrN2O2/c1-6-4-7(11)2-3-8(6)13-9(14)5-12-10(13)15/h2-4H,5H2,1H3,(H,12,15). The summed E-state index contributed by atoms with van der Waals surface area (Å²) in [5.74, 6) is -0.217. The Bertz CT molecular complexity index is 429. The molecule has 15 heavy (non-hydrogen) atoms. The number of anilines is 1. The molecule has 1 saturated heterocycles. The zero-order valence-electron chi connectivity index (χ0n) is 8.08. The second-order valence-corrected chi connectivity index (χ2v) is 4.23. The van der Waals surface area contributed by atoms with Crippen molar-refractivity contribution in [2.45, 2.75) is 6.92 Å². The molecule has 78 valence electrons. The van der Waals surface area contributed by atoms with Crippen LogP contribution in [0.25, 0.3) is 0 Å². The van der Waals surface area contributed by atoms with Gasteiger partial charge in [0.1, 0.15) is 0 Å². The molecule has 1 aromatic rings. The minimum absolute atomic E-state index is 0.0777. The molecule has 0 aliphatic carbocycles. The number of nitrogens with one attached hydrogen (secondary N) is 1. The van der Waals surface area contributed by atoms with E-state index in [0.717, 1.165) is 10.0 Å². The number of rotatable bonds is 1. The van der Waals surface area contributed by atoms with Crippen molar-refractivity contribution >= 4 is 33.6 Å². The monoisotopic (exact) mass is 268 g/mol. The first-order valence-corrected chi connectivity index (χ1v) is 5.26. The van der Waals surface area contributed by atoms with Gasteiger partial charge in [-0.15, -0.1) is 0 Å². The molecule has 1 aliphatic rings. The SMILES string of the molecule is Cc1cc(Br)ccc1N1C(=O)CNC1=O. The minimum atomic E-state index is -0.356. The summed E-state index contributed by atoms with van der Waals surface area (Å²) in [4.78, 5) is 24.0. The lowest BCUT2D eigenvalue weighted by Gasteiger charge is -2.15. The molecule has 3 amide bonds. The number of carbonyl (C=O) groups excluding carboxylic acids is 2. The highest BCUT2D eigenvalue weighted by atomic mass is 79.9. The van der Waals surface area contributed by atoms with Crippen LogP contribution in [0.15, 0.2) is 22.7 Å². The van der Waals surface area contributed by atoms with E-state index in [9.17, 15) is 9.59 Å². The number of carbonyl (C=O) groups is 2. The van der Waals surface area contributed by atoms with Crippen molar-refractivity contribution in [3.05, 3.63) is 28.2 Å². The van der Waals surface area contributed by atoms with E-state index < -0.39 is 0 Å². The van der Waals surface area contributed by atoms with E-state index in [1.807, 2.05) is 13.0 Å². The minimum Gasteiger partial charge on any atom is -0.328 e. The van der Waals surface area contributed by atoms with Crippen LogP contribution in [0.3, 0.4) is 0 Å². The summed E-state index contributed by atoms with van der Waals surface area (Å²) in [5, 5.41) is 2.49. The van der Waals surface area contributed by atoms with Crippen molar-refractivity contribution in [2.75, 3.05) is 11.4 Å². The average Bonchev–Trinajstić information content (AvgIpc) is 2.48. The van der Waals surface area contributed by atoms with E-state index in [0.29, 0.717) is 5.69 Å². The fourth-order valence-electron chi connectivity index (χ4n) is 1.54. The van der Waals surface area contributed by atoms with Gasteiger partial charge in [-0.05, 0) is 30.7 Å². The Kier molecular flexibility index (Phi) is 2.48. The Morgan fingerprint density at radius 2 is 2.13 bits per heavy atom. The van der Waals surface area contributed by atoms with Crippen LogP contribution in [0, 0.1) is 6.92 Å². The van der Waals surface area contributed by atoms with Crippen molar-refractivity contribution in [3.8, 4) is 0 Å². The van der Waals surface area contributed by atoms with Gasteiger partial charge in [-0.3, -0.25) is 4.79 Å². The fourth-order valence-corrected chi connectivity index (χ4v) is 2.01. The Labute approximate surface area is 95.4 Å². The van der Waals surface area contributed by atoms with Crippen molar-refractivity contribution in [3.63, 3.8) is 0 Å². The summed E-state index contributed by atoms with van der Waals surface area (Å²) in [7, 11) is 0. The van der Waals surface area contributed by atoms with Gasteiger partial charge in [-0.2, -0.15) is 0 Å². The predicted octanol–water partition coefficient (Wildman–Crippen LogP) is 1.81. The summed E-state index contributed by atoms with van der Waals surface area (Å²) < 4.78 is 0.927. The molecule has 2 rings (SSSR count). The maximum Gasteiger partial charge on any atom is 0.329 e. The Balaban J connectivity index is 2.45. The molecule has 1 aliphatic heterocycles. The zero-order chi connectivity index (χ0) is 11.0. The number of halogens is 1. The second-order valence-electron chi connectivity index (χ2n) is 3.32. The maximum atomic E-state index is 11.5. The lowest BCUT2D eigenvalue weighted by atomic mass is 10.2. The smallest absolute Gasteiger partial charge is 0.328 e. The summed E-state index contributed by atoms with van der Waals surface area (Å²) in [6, 6.07) is 5.07. The third-order valence-electron chi connectivity index (χ3n) is 2.24. The molecular formula is C10H9BrN2O2. The molecule has 0 spiro atoms. The first-order valence-electron chi connectivity index (χ1n) is 4.46. The summed E-state index contributed by atoms with van der Waals surface area (Å²) >= 11 is 3.33. The molecule has 1 heterocycles. The first kappa shape index (κ1) is 10.2. The van der Waals surface area contributed by atoms with E-state index >= 15 is 0 Å². The summed E-state index contributed by atoms with van der Waals surface area (Å²) in [6.45, 7) is 1.94. The molecule has 5 heteroatoms. The first-order chi connectivity index (χ1) is 7.09. The van der Waals surface area contributed by atoms with Gasteiger partial charge in [0, 0.05) is 4.47 Å². The number of amides is 3. The van der Waals surface area contributed by atoms with Crippen LogP contribution in [0.1, 0.15) is 5.56 Å². The van der Waals surface area contributed by atoms with Gasteiger partial charge in [-0.1, -0.05) is 15.9 Å². The topological polar surface area (TPSA) is 49.4 Å². The summed E-state index contributed by atoms with van der Waals surface area (Å²) in [5.41, 5.74) is 1.52. The molecule has 0 bridgehead atoms. The van der Waals surface area contributed by atoms with Gasteiger partial charge >= 0.3 is 6.03 Å². The van der Waals surface area contributed by atoms with E-state index in [1.54, 1.807) is 12.1 Å². The van der Waals surface area contributed by atoms with Gasteiger partial charge < -0.3 is 5.32 Å². The van der Waals surface area contributed by atoms with Gasteiger partial charge in [0.2, 0.25) is 0 Å². The molecule has 0 saturated carbocycles. The third-order valence-corrected chi connectivity index (χ3v) is 2.74. The molecule has 4 nitrogen and oxygen atoms in total. The van der Waals surface area contributed by atoms with Gasteiger partial charge in [0.15, 0.2) is 0 Å². The van der Waals surface area contributed by atoms with E-state index in [2.05, 4.69) is 21.2 Å². The molecule has 1 N–H and O–H groups in total. The highest BCUT2D eigenvalue weighted by molar-refractivity contribution is 9.10. The van der Waals surface area contributed by atoms with Crippen LogP contribution in [-0.4, -0.2) is 18.5 Å². The van der Waals surface area contributed by atoms with Gasteiger partial charge in [-0.25, -0.2) is 9.69 Å². The van der Waals surface area contributed by atoms with Crippen LogP contribution in [0.2, 0.25) is 0 Å². The van der Waals surface area contributed by atoms with Crippen LogP contribution in [0.4, 0.5) is 10.5 Å². The number of hydrogen-bond acceptors (Lipinski definition) is 2. The van der Waals surface area contributed by atoms with Gasteiger partial charge in [0.05, 0.1) is 12.2 Å². The molecule has 1 aromatic carbocycles. The fraction of sp³-hybridized carbons (Fsp3) is 0.200. The normalized spacial score (nSPS) is 15.7. The number of nitrogens with zero attached hydrogens (tertiary/aromatic N) is 1. The Morgan fingerprint density at radius 3 is 2.67 bits per heavy atom. The van der Waals surface area contributed by atoms with E-state index in [4.69, 9.17) is 0 Å². The Hall–Kier alpha value is -1.36. The number of urea groups is 1. The molecule has 0 aromatic heterocycles. The highest BCUT2D eigenvalue weighted by Gasteiger charge is 2.30. The largest absolute Gasteiger partial charge is 0.329 e. The van der Waals surface area contributed by atoms with Crippen molar-refractivity contribution in [2.24, 2.45) is 0 Å². The molecule has 1 fully saturated rings. The van der Waals surface area contributed by atoms with Crippen LogP contribution in [0.5, 0.6) is 0 Å². The predicted molar refractivity (Wildman–Crippen MR) is 59.8 cm³/mol. The van der Waals surface area contributed by atoms with Crippen molar-refractivity contribution in [1.82, 2.24) is 5.32 Å². The van der Waals surface area contributed by atoms with Crippen LogP contribution < -0.4 is 10.2 Å². The zero-order valence-corrected chi connectivity index (χ0v) is 9.67. The highest BCUT2D eigenvalue weighted by Crippen LogP contribution is 2.25. The van der Waals surface area contributed by atoms with Crippen molar-refractivity contribution < 1.29 is 9.59 Å². The number of imide groups is 1. The molecule has 0 radical (unpaired) electrons.